The first-order chi connectivity index (χ1) is 10.4. The van der Waals surface area contributed by atoms with Crippen molar-refractivity contribution in [2.75, 3.05) is 26.7 Å². The molecule has 1 saturated heterocycles. The van der Waals surface area contributed by atoms with Crippen LogP contribution in [-0.4, -0.2) is 49.5 Å². The molecule has 0 radical (unpaired) electrons. The maximum absolute atomic E-state index is 12.0. The Bertz CT molecular complexity index is 372. The summed E-state index contributed by atoms with van der Waals surface area (Å²) >= 11 is 0. The van der Waals surface area contributed by atoms with Gasteiger partial charge in [0.15, 0.2) is 5.96 Å². The average Bonchev–Trinajstić information content (AvgIpc) is 2.92. The molecule has 5 nitrogen and oxygen atoms in total. The second-order valence-corrected chi connectivity index (χ2v) is 6.96. The molecule has 1 heterocycles. The van der Waals surface area contributed by atoms with Gasteiger partial charge in [-0.15, -0.1) is 24.0 Å². The molecule has 0 aromatic carbocycles. The highest BCUT2D eigenvalue weighted by Crippen LogP contribution is 2.12. The summed E-state index contributed by atoms with van der Waals surface area (Å²) in [5, 5.41) is 6.81. The van der Waals surface area contributed by atoms with E-state index >= 15 is 0 Å². The molecule has 136 valence electrons. The third-order valence-corrected chi connectivity index (χ3v) is 4.06. The summed E-state index contributed by atoms with van der Waals surface area (Å²) in [5.74, 6) is 1.96. The van der Waals surface area contributed by atoms with E-state index in [1.807, 2.05) is 18.7 Å². The van der Waals surface area contributed by atoms with Crippen molar-refractivity contribution in [2.24, 2.45) is 16.8 Å². The number of nitrogens with zero attached hydrogens (tertiary/aromatic N) is 2. The van der Waals surface area contributed by atoms with Gasteiger partial charge in [-0.05, 0) is 18.8 Å². The smallest absolute Gasteiger partial charge is 0.225 e. The van der Waals surface area contributed by atoms with Crippen LogP contribution in [0.1, 0.15) is 53.4 Å². The predicted molar refractivity (Wildman–Crippen MR) is 108 cm³/mol. The maximum atomic E-state index is 12.0. The highest BCUT2D eigenvalue weighted by Gasteiger charge is 2.27. The summed E-state index contributed by atoms with van der Waals surface area (Å²) in [6.45, 7) is 11.0. The van der Waals surface area contributed by atoms with Crippen LogP contribution in [0.15, 0.2) is 4.99 Å². The monoisotopic (exact) mass is 438 g/mol. The summed E-state index contributed by atoms with van der Waals surface area (Å²) < 4.78 is 0. The molecule has 1 unspecified atom stereocenters. The number of amides is 1. The quantitative estimate of drug-likeness (QED) is 0.278. The molecule has 1 aliphatic heterocycles. The molecule has 2 N–H and O–H groups in total. The normalized spacial score (nSPS) is 18.3. The van der Waals surface area contributed by atoms with E-state index in [0.29, 0.717) is 6.04 Å². The number of nitrogens with one attached hydrogen (secondary N) is 2. The van der Waals surface area contributed by atoms with Gasteiger partial charge in [0, 0.05) is 38.6 Å². The SMILES string of the molecule is CN=C(NCCCCC(C)C)NC1CCN(C(=O)C(C)C)C1.I. The van der Waals surface area contributed by atoms with Crippen LogP contribution < -0.4 is 10.6 Å². The zero-order valence-corrected chi connectivity index (χ0v) is 17.7. The Morgan fingerprint density at radius 2 is 1.96 bits per heavy atom. The minimum absolute atomic E-state index is 0. The van der Waals surface area contributed by atoms with E-state index < -0.39 is 0 Å². The van der Waals surface area contributed by atoms with E-state index in [4.69, 9.17) is 0 Å². The van der Waals surface area contributed by atoms with Crippen LogP contribution in [0, 0.1) is 11.8 Å². The largest absolute Gasteiger partial charge is 0.356 e. The van der Waals surface area contributed by atoms with Gasteiger partial charge in [0.05, 0.1) is 0 Å². The van der Waals surface area contributed by atoms with Gasteiger partial charge in [-0.2, -0.15) is 0 Å². The molecule has 0 bridgehead atoms. The lowest BCUT2D eigenvalue weighted by molar-refractivity contribution is -0.133. The van der Waals surface area contributed by atoms with Crippen molar-refractivity contribution in [2.45, 2.75) is 59.4 Å². The molecule has 6 heteroatoms. The van der Waals surface area contributed by atoms with Crippen LogP contribution >= 0.6 is 24.0 Å². The minimum atomic E-state index is 0. The molecule has 1 amide bonds. The van der Waals surface area contributed by atoms with E-state index in [2.05, 4.69) is 29.5 Å². The Balaban J connectivity index is 0.00000484. The first-order valence-corrected chi connectivity index (χ1v) is 8.70. The molecule has 0 aromatic heterocycles. The molecule has 1 rings (SSSR count). The standard InChI is InChI=1S/C17H34N4O.HI/c1-13(2)8-6-7-10-19-17(18-5)20-15-9-11-21(12-15)16(22)14(3)4;/h13-15H,6-12H2,1-5H3,(H2,18,19,20);1H. The number of unbranched alkanes of at least 4 members (excludes halogenated alkanes) is 1. The van der Waals surface area contributed by atoms with Crippen molar-refractivity contribution in [1.29, 1.82) is 0 Å². The number of halogens is 1. The fraction of sp³-hybridized carbons (Fsp3) is 0.882. The predicted octanol–water partition coefficient (Wildman–Crippen LogP) is 2.85. The molecule has 23 heavy (non-hydrogen) atoms. The van der Waals surface area contributed by atoms with Crippen molar-refractivity contribution < 1.29 is 4.79 Å². The summed E-state index contributed by atoms with van der Waals surface area (Å²) in [7, 11) is 1.80. The van der Waals surface area contributed by atoms with Gasteiger partial charge in [0.1, 0.15) is 0 Å². The third-order valence-electron chi connectivity index (χ3n) is 4.06. The molecule has 0 spiro atoms. The molecule has 1 aliphatic rings. The zero-order chi connectivity index (χ0) is 16.5. The average molecular weight is 438 g/mol. The van der Waals surface area contributed by atoms with Gasteiger partial charge >= 0.3 is 0 Å². The Morgan fingerprint density at radius 1 is 1.26 bits per heavy atom. The summed E-state index contributed by atoms with van der Waals surface area (Å²) in [6, 6.07) is 0.310. The van der Waals surface area contributed by atoms with E-state index in [1.165, 1.54) is 19.3 Å². The van der Waals surface area contributed by atoms with Crippen LogP contribution in [0.3, 0.4) is 0 Å². The number of carbonyl (C=O) groups excluding carboxylic acids is 1. The van der Waals surface area contributed by atoms with E-state index in [9.17, 15) is 4.79 Å². The number of aliphatic imine (C=N–C) groups is 1. The second-order valence-electron chi connectivity index (χ2n) is 6.96. The van der Waals surface area contributed by atoms with Crippen LogP contribution in [0.25, 0.3) is 0 Å². The summed E-state index contributed by atoms with van der Waals surface area (Å²) in [6.07, 6.45) is 4.69. The number of guanidine groups is 1. The van der Waals surface area contributed by atoms with Crippen molar-refractivity contribution >= 4 is 35.8 Å². The van der Waals surface area contributed by atoms with E-state index in [-0.39, 0.29) is 35.8 Å². The highest BCUT2D eigenvalue weighted by molar-refractivity contribution is 14.0. The van der Waals surface area contributed by atoms with Gasteiger partial charge in [-0.1, -0.05) is 40.5 Å². The molecular weight excluding hydrogens is 403 g/mol. The Hall–Kier alpha value is -0.530. The lowest BCUT2D eigenvalue weighted by Gasteiger charge is -2.20. The van der Waals surface area contributed by atoms with Gasteiger partial charge in [0.2, 0.25) is 5.91 Å². The topological polar surface area (TPSA) is 56.7 Å². The van der Waals surface area contributed by atoms with Crippen molar-refractivity contribution in [3.63, 3.8) is 0 Å². The molecule has 1 atom stereocenters. The van der Waals surface area contributed by atoms with E-state index in [1.54, 1.807) is 7.05 Å². The summed E-state index contributed by atoms with van der Waals surface area (Å²) in [5.41, 5.74) is 0. The van der Waals surface area contributed by atoms with Crippen LogP contribution in [0.4, 0.5) is 0 Å². The van der Waals surface area contributed by atoms with Gasteiger partial charge in [-0.25, -0.2) is 0 Å². The molecule has 0 aromatic rings. The number of rotatable bonds is 7. The van der Waals surface area contributed by atoms with Crippen LogP contribution in [-0.2, 0) is 4.79 Å². The van der Waals surface area contributed by atoms with Gasteiger partial charge in [0.25, 0.3) is 0 Å². The van der Waals surface area contributed by atoms with Crippen LogP contribution in [0.2, 0.25) is 0 Å². The minimum Gasteiger partial charge on any atom is -0.356 e. The number of hydrogen-bond donors (Lipinski definition) is 2. The number of carbonyl (C=O) groups is 1. The van der Waals surface area contributed by atoms with Gasteiger partial charge in [-0.3, -0.25) is 9.79 Å². The van der Waals surface area contributed by atoms with Crippen molar-refractivity contribution in [1.82, 2.24) is 15.5 Å². The lowest BCUT2D eigenvalue weighted by Crippen LogP contribution is -2.45. The third kappa shape index (κ3) is 8.77. The summed E-state index contributed by atoms with van der Waals surface area (Å²) in [4.78, 5) is 18.2. The number of likely N-dealkylation sites (tertiary alicyclic amines) is 1. The first-order valence-electron chi connectivity index (χ1n) is 8.70. The molecular formula is C17H35IN4O. The number of hydrogen-bond acceptors (Lipinski definition) is 2. The highest BCUT2D eigenvalue weighted by atomic mass is 127. The molecule has 0 aliphatic carbocycles. The Kier molecular flexibility index (Phi) is 11.6. The Morgan fingerprint density at radius 3 is 2.52 bits per heavy atom. The zero-order valence-electron chi connectivity index (χ0n) is 15.4. The second kappa shape index (κ2) is 11.9. The Labute approximate surface area is 159 Å². The van der Waals surface area contributed by atoms with Crippen LogP contribution in [0.5, 0.6) is 0 Å². The lowest BCUT2D eigenvalue weighted by atomic mass is 10.1. The van der Waals surface area contributed by atoms with E-state index in [0.717, 1.165) is 37.9 Å². The van der Waals surface area contributed by atoms with Gasteiger partial charge < -0.3 is 15.5 Å². The molecule has 1 fully saturated rings. The molecule has 0 saturated carbocycles. The first kappa shape index (κ1) is 22.5. The van der Waals surface area contributed by atoms with Crippen molar-refractivity contribution in [3.05, 3.63) is 0 Å². The maximum Gasteiger partial charge on any atom is 0.225 e. The fourth-order valence-corrected chi connectivity index (χ4v) is 2.72. The fourth-order valence-electron chi connectivity index (χ4n) is 2.72. The van der Waals surface area contributed by atoms with Crippen molar-refractivity contribution in [3.8, 4) is 0 Å².